The maximum Gasteiger partial charge on any atom is 0.161 e. The van der Waals surface area contributed by atoms with Crippen molar-refractivity contribution in [3.63, 3.8) is 0 Å². The van der Waals surface area contributed by atoms with Crippen LogP contribution in [-0.4, -0.2) is 15.8 Å². The number of nitrogens with zero attached hydrogens (tertiary/aromatic N) is 3. The fourth-order valence-electron chi connectivity index (χ4n) is 0.925. The molecule has 12 heavy (non-hydrogen) atoms. The first-order valence-corrected chi connectivity index (χ1v) is 3.61. The molecule has 1 rings (SSSR count). The highest BCUT2D eigenvalue weighted by atomic mass is 15.1. The molecule has 1 heterocycles. The van der Waals surface area contributed by atoms with Crippen LogP contribution < -0.4 is 5.73 Å². The smallest absolute Gasteiger partial charge is 0.161 e. The Morgan fingerprint density at radius 1 is 1.83 bits per heavy atom. The third-order valence-electron chi connectivity index (χ3n) is 1.46. The lowest BCUT2D eigenvalue weighted by Crippen LogP contribution is -1.95. The van der Waals surface area contributed by atoms with Crippen molar-refractivity contribution in [1.29, 1.82) is 0 Å². The van der Waals surface area contributed by atoms with Gasteiger partial charge in [-0.1, -0.05) is 6.58 Å². The van der Waals surface area contributed by atoms with Crippen LogP contribution in [0.25, 0.3) is 5.70 Å². The van der Waals surface area contributed by atoms with Crippen molar-refractivity contribution in [3.8, 4) is 0 Å². The molecule has 0 aliphatic heterocycles. The molecule has 0 saturated heterocycles. The summed E-state index contributed by atoms with van der Waals surface area (Å²) < 4.78 is 1.80. The van der Waals surface area contributed by atoms with Crippen LogP contribution in [0.5, 0.6) is 0 Å². The first kappa shape index (κ1) is 8.52. The molecular formula is C8H12N4. The van der Waals surface area contributed by atoms with Gasteiger partial charge in [-0.2, -0.15) is 0 Å². The Kier molecular flexibility index (Phi) is 2.28. The van der Waals surface area contributed by atoms with E-state index in [0.717, 1.165) is 5.82 Å². The highest BCUT2D eigenvalue weighted by molar-refractivity contribution is 5.69. The Balaban J connectivity index is 3.21. The lowest BCUT2D eigenvalue weighted by Gasteiger charge is -1.97. The molecule has 0 fully saturated rings. The van der Waals surface area contributed by atoms with Gasteiger partial charge in [-0.25, -0.2) is 9.98 Å². The first-order valence-electron chi connectivity index (χ1n) is 3.61. The van der Waals surface area contributed by atoms with Gasteiger partial charge in [0.25, 0.3) is 0 Å². The Morgan fingerprint density at radius 3 is 3.00 bits per heavy atom. The van der Waals surface area contributed by atoms with Gasteiger partial charge in [0.15, 0.2) is 5.82 Å². The number of hydrogen-bond acceptors (Lipinski definition) is 3. The van der Waals surface area contributed by atoms with Gasteiger partial charge in [0, 0.05) is 13.3 Å². The highest BCUT2D eigenvalue weighted by Crippen LogP contribution is 2.19. The number of rotatable bonds is 2. The molecule has 4 heteroatoms. The van der Waals surface area contributed by atoms with Crippen LogP contribution in [0.4, 0.5) is 5.82 Å². The second-order valence-corrected chi connectivity index (χ2v) is 2.44. The molecule has 0 saturated carbocycles. The van der Waals surface area contributed by atoms with Crippen LogP contribution in [0.15, 0.2) is 17.9 Å². The summed E-state index contributed by atoms with van der Waals surface area (Å²) in [6, 6.07) is 0. The van der Waals surface area contributed by atoms with Crippen molar-refractivity contribution >= 4 is 17.7 Å². The minimum atomic E-state index is 0.441. The summed E-state index contributed by atoms with van der Waals surface area (Å²) in [5.41, 5.74) is 6.60. The molecule has 0 radical (unpaired) electrons. The number of aryl methyl sites for hydroxylation is 1. The topological polar surface area (TPSA) is 56.2 Å². The van der Waals surface area contributed by atoms with Gasteiger partial charge < -0.3 is 10.3 Å². The number of hydrogen-bond donors (Lipinski definition) is 1. The third-order valence-corrected chi connectivity index (χ3v) is 1.46. The average molecular weight is 164 g/mol. The van der Waals surface area contributed by atoms with E-state index in [0.29, 0.717) is 11.4 Å². The van der Waals surface area contributed by atoms with E-state index in [1.807, 2.05) is 14.0 Å². The first-order chi connectivity index (χ1) is 5.66. The summed E-state index contributed by atoms with van der Waals surface area (Å²) in [5.74, 6) is 0.741. The zero-order valence-electron chi connectivity index (χ0n) is 7.28. The summed E-state index contributed by atoms with van der Waals surface area (Å²) >= 11 is 0. The summed E-state index contributed by atoms with van der Waals surface area (Å²) in [6.45, 7) is 5.45. The van der Waals surface area contributed by atoms with Gasteiger partial charge in [0.2, 0.25) is 0 Å². The van der Waals surface area contributed by atoms with E-state index in [1.165, 1.54) is 0 Å². The number of aromatic nitrogens is 2. The van der Waals surface area contributed by atoms with Crippen molar-refractivity contribution < 1.29 is 0 Å². The molecule has 4 nitrogen and oxygen atoms in total. The lowest BCUT2D eigenvalue weighted by molar-refractivity contribution is 0.912. The molecule has 0 unspecified atom stereocenters. The molecule has 1 aromatic rings. The zero-order valence-corrected chi connectivity index (χ0v) is 7.28. The molecule has 64 valence electrons. The number of nitrogens with two attached hydrogens (primary N) is 1. The highest BCUT2D eigenvalue weighted by Gasteiger charge is 2.07. The largest absolute Gasteiger partial charge is 0.397 e. The Hall–Kier alpha value is -1.58. The minimum Gasteiger partial charge on any atom is -0.397 e. The van der Waals surface area contributed by atoms with E-state index in [9.17, 15) is 0 Å². The molecule has 0 aromatic carbocycles. The maximum atomic E-state index is 5.51. The van der Waals surface area contributed by atoms with Gasteiger partial charge >= 0.3 is 0 Å². The summed E-state index contributed by atoms with van der Waals surface area (Å²) in [7, 11) is 1.86. The van der Waals surface area contributed by atoms with Gasteiger partial charge in [0.05, 0.1) is 12.0 Å². The second-order valence-electron chi connectivity index (χ2n) is 2.44. The van der Waals surface area contributed by atoms with Crippen molar-refractivity contribution in [1.82, 2.24) is 9.55 Å². The molecule has 0 bridgehead atoms. The van der Waals surface area contributed by atoms with E-state index >= 15 is 0 Å². The van der Waals surface area contributed by atoms with Crippen LogP contribution in [-0.2, 0) is 7.05 Å². The number of imidazole rings is 1. The summed E-state index contributed by atoms with van der Waals surface area (Å²) in [5, 5.41) is 0. The van der Waals surface area contributed by atoms with Crippen molar-refractivity contribution in [2.45, 2.75) is 6.92 Å². The van der Waals surface area contributed by atoms with E-state index in [2.05, 4.69) is 16.6 Å². The predicted molar refractivity (Wildman–Crippen MR) is 50.3 cm³/mol. The quantitative estimate of drug-likeness (QED) is 0.665. The van der Waals surface area contributed by atoms with Crippen LogP contribution in [0.2, 0.25) is 0 Å². The molecular weight excluding hydrogens is 152 g/mol. The standard InChI is InChI=1S/C8H12N4/c1-4-10-8-7(6(2)9)11-5-12(8)3/h4-5H,2,9H2,1,3H3/b10-4-. The van der Waals surface area contributed by atoms with E-state index in [-0.39, 0.29) is 0 Å². The van der Waals surface area contributed by atoms with Gasteiger partial charge in [-0.15, -0.1) is 0 Å². The van der Waals surface area contributed by atoms with Gasteiger partial charge in [-0.3, -0.25) is 0 Å². The Labute approximate surface area is 71.4 Å². The Bertz CT molecular complexity index is 322. The molecule has 1 aromatic heterocycles. The van der Waals surface area contributed by atoms with Crippen molar-refractivity contribution in [2.75, 3.05) is 0 Å². The molecule has 0 aliphatic carbocycles. The molecule has 0 atom stereocenters. The summed E-state index contributed by atoms with van der Waals surface area (Å²) in [4.78, 5) is 8.18. The molecule has 2 N–H and O–H groups in total. The van der Waals surface area contributed by atoms with E-state index in [1.54, 1.807) is 17.1 Å². The third kappa shape index (κ3) is 1.37. The van der Waals surface area contributed by atoms with Crippen LogP contribution >= 0.6 is 0 Å². The van der Waals surface area contributed by atoms with Crippen molar-refractivity contribution in [2.24, 2.45) is 17.8 Å². The predicted octanol–water partition coefficient (Wildman–Crippen LogP) is 1.07. The van der Waals surface area contributed by atoms with Crippen LogP contribution in [0.1, 0.15) is 12.6 Å². The normalized spacial score (nSPS) is 10.8. The fourth-order valence-corrected chi connectivity index (χ4v) is 0.925. The number of aliphatic imine (C=N–C) groups is 1. The monoisotopic (exact) mass is 164 g/mol. The van der Waals surface area contributed by atoms with Crippen LogP contribution in [0.3, 0.4) is 0 Å². The summed E-state index contributed by atoms with van der Waals surface area (Å²) in [6.07, 6.45) is 3.36. The Morgan fingerprint density at radius 2 is 2.50 bits per heavy atom. The zero-order chi connectivity index (χ0) is 9.14. The molecule has 0 aliphatic rings. The van der Waals surface area contributed by atoms with Crippen LogP contribution in [0, 0.1) is 0 Å². The lowest BCUT2D eigenvalue weighted by atomic mass is 10.3. The minimum absolute atomic E-state index is 0.441. The fraction of sp³-hybridized carbons (Fsp3) is 0.250. The van der Waals surface area contributed by atoms with Gasteiger partial charge in [0.1, 0.15) is 5.69 Å². The molecule has 0 spiro atoms. The van der Waals surface area contributed by atoms with E-state index < -0.39 is 0 Å². The van der Waals surface area contributed by atoms with E-state index in [4.69, 9.17) is 5.73 Å². The SMILES string of the molecule is C=C(N)c1ncn(C)c1/N=C\C. The second kappa shape index (κ2) is 3.21. The average Bonchev–Trinajstić information content (AvgIpc) is 2.34. The van der Waals surface area contributed by atoms with Gasteiger partial charge in [-0.05, 0) is 6.92 Å². The van der Waals surface area contributed by atoms with Crippen molar-refractivity contribution in [3.05, 3.63) is 18.6 Å². The molecule has 0 amide bonds. The maximum absolute atomic E-state index is 5.51.